The van der Waals surface area contributed by atoms with Gasteiger partial charge in [-0.25, -0.2) is 0 Å². The molecule has 1 aliphatic heterocycles. The van der Waals surface area contributed by atoms with Gasteiger partial charge in [0.15, 0.2) is 0 Å². The molecule has 1 aromatic heterocycles. The van der Waals surface area contributed by atoms with Crippen LogP contribution in [-0.4, -0.2) is 32.4 Å². The molecule has 2 heterocycles. The highest BCUT2D eigenvalue weighted by Gasteiger charge is 2.18. The van der Waals surface area contributed by atoms with E-state index in [1.807, 2.05) is 22.6 Å². The number of carbonyl (C=O) groups is 1. The summed E-state index contributed by atoms with van der Waals surface area (Å²) in [6, 6.07) is 0.461. The maximum atomic E-state index is 10.5. The highest BCUT2D eigenvalue weighted by Crippen LogP contribution is 2.27. The first kappa shape index (κ1) is 9.58. The van der Waals surface area contributed by atoms with E-state index in [0.29, 0.717) is 6.04 Å². The van der Waals surface area contributed by atoms with E-state index in [9.17, 15) is 4.79 Å². The minimum atomic E-state index is -0.801. The Morgan fingerprint density at radius 3 is 3.29 bits per heavy atom. The molecule has 2 rings (SSSR count). The zero-order chi connectivity index (χ0) is 9.97. The second-order valence-corrected chi connectivity index (χ2v) is 4.57. The summed E-state index contributed by atoms with van der Waals surface area (Å²) >= 11 is 1.92. The first-order valence-electron chi connectivity index (χ1n) is 4.58. The lowest BCUT2D eigenvalue weighted by Gasteiger charge is -2.07. The van der Waals surface area contributed by atoms with E-state index in [1.54, 1.807) is 6.20 Å². The van der Waals surface area contributed by atoms with Crippen molar-refractivity contribution in [3.63, 3.8) is 0 Å². The van der Waals surface area contributed by atoms with Gasteiger partial charge in [-0.15, -0.1) is 0 Å². The third-order valence-corrected chi connectivity index (χ3v) is 3.43. The minimum absolute atomic E-state index is 0.0693. The SMILES string of the molecule is O=C(O)Cc1cnn(C2CCSC2)c1. The van der Waals surface area contributed by atoms with Crippen LogP contribution >= 0.6 is 11.8 Å². The molecule has 1 unspecified atom stereocenters. The Kier molecular flexibility index (Phi) is 2.77. The summed E-state index contributed by atoms with van der Waals surface area (Å²) in [7, 11) is 0. The fraction of sp³-hybridized carbons (Fsp3) is 0.556. The molecule has 1 N–H and O–H groups in total. The molecule has 0 spiro atoms. The van der Waals surface area contributed by atoms with Crippen molar-refractivity contribution in [1.29, 1.82) is 0 Å². The Morgan fingerprint density at radius 2 is 2.64 bits per heavy atom. The van der Waals surface area contributed by atoms with Crippen molar-refractivity contribution in [2.45, 2.75) is 18.9 Å². The van der Waals surface area contributed by atoms with Crippen molar-refractivity contribution >= 4 is 17.7 Å². The highest BCUT2D eigenvalue weighted by atomic mass is 32.2. The van der Waals surface area contributed by atoms with Crippen LogP contribution in [0.5, 0.6) is 0 Å². The molecule has 76 valence electrons. The molecule has 1 saturated heterocycles. The van der Waals surface area contributed by atoms with Crippen LogP contribution in [0.15, 0.2) is 12.4 Å². The van der Waals surface area contributed by atoms with Crippen molar-refractivity contribution in [1.82, 2.24) is 9.78 Å². The molecule has 1 aromatic rings. The number of aliphatic carboxylic acids is 1. The third-order valence-electron chi connectivity index (χ3n) is 2.29. The van der Waals surface area contributed by atoms with Gasteiger partial charge in [-0.3, -0.25) is 9.48 Å². The average molecular weight is 212 g/mol. The van der Waals surface area contributed by atoms with Gasteiger partial charge in [0.2, 0.25) is 0 Å². The smallest absolute Gasteiger partial charge is 0.307 e. The summed E-state index contributed by atoms with van der Waals surface area (Å²) in [5.74, 6) is 1.47. The molecule has 0 aliphatic carbocycles. The normalized spacial score (nSPS) is 21.3. The lowest BCUT2D eigenvalue weighted by Crippen LogP contribution is -2.08. The fourth-order valence-electron chi connectivity index (χ4n) is 1.57. The number of hydrogen-bond donors (Lipinski definition) is 1. The summed E-state index contributed by atoms with van der Waals surface area (Å²) < 4.78 is 1.90. The summed E-state index contributed by atoms with van der Waals surface area (Å²) in [6.45, 7) is 0. The number of aromatic nitrogens is 2. The molecule has 5 heteroatoms. The molecule has 0 radical (unpaired) electrons. The second kappa shape index (κ2) is 4.04. The molecule has 0 aromatic carbocycles. The molecular weight excluding hydrogens is 200 g/mol. The molecule has 1 aliphatic rings. The maximum Gasteiger partial charge on any atom is 0.307 e. The summed E-state index contributed by atoms with van der Waals surface area (Å²) in [4.78, 5) is 10.5. The number of thioether (sulfide) groups is 1. The fourth-order valence-corrected chi connectivity index (χ4v) is 2.77. The third kappa shape index (κ3) is 2.09. The van der Waals surface area contributed by atoms with E-state index < -0.39 is 5.97 Å². The van der Waals surface area contributed by atoms with Gasteiger partial charge in [0.05, 0.1) is 18.7 Å². The lowest BCUT2D eigenvalue weighted by atomic mass is 10.2. The van der Waals surface area contributed by atoms with Crippen LogP contribution in [0.1, 0.15) is 18.0 Å². The molecular formula is C9H12N2O2S. The number of rotatable bonds is 3. The monoisotopic (exact) mass is 212 g/mol. The van der Waals surface area contributed by atoms with Crippen LogP contribution in [-0.2, 0) is 11.2 Å². The molecule has 0 saturated carbocycles. The first-order valence-corrected chi connectivity index (χ1v) is 5.74. The van der Waals surface area contributed by atoms with Crippen LogP contribution in [0.3, 0.4) is 0 Å². The summed E-state index contributed by atoms with van der Waals surface area (Å²) in [6.07, 6.45) is 4.71. The minimum Gasteiger partial charge on any atom is -0.481 e. The number of hydrogen-bond acceptors (Lipinski definition) is 3. The van der Waals surface area contributed by atoms with E-state index in [4.69, 9.17) is 5.11 Å². The predicted molar refractivity (Wildman–Crippen MR) is 54.5 cm³/mol. The molecule has 1 atom stereocenters. The Bertz CT molecular complexity index is 331. The number of nitrogens with zero attached hydrogens (tertiary/aromatic N) is 2. The Hall–Kier alpha value is -0.970. The van der Waals surface area contributed by atoms with Crippen LogP contribution in [0, 0.1) is 0 Å². The van der Waals surface area contributed by atoms with E-state index in [1.165, 1.54) is 5.75 Å². The Morgan fingerprint density at radius 1 is 1.79 bits per heavy atom. The lowest BCUT2D eigenvalue weighted by molar-refractivity contribution is -0.136. The van der Waals surface area contributed by atoms with Crippen LogP contribution < -0.4 is 0 Å². The molecule has 14 heavy (non-hydrogen) atoms. The van der Waals surface area contributed by atoms with Crippen molar-refractivity contribution in [3.8, 4) is 0 Å². The van der Waals surface area contributed by atoms with E-state index in [0.717, 1.165) is 17.7 Å². The van der Waals surface area contributed by atoms with Crippen LogP contribution in [0.2, 0.25) is 0 Å². The average Bonchev–Trinajstić information content (AvgIpc) is 2.69. The van der Waals surface area contributed by atoms with Crippen molar-refractivity contribution in [3.05, 3.63) is 18.0 Å². The topological polar surface area (TPSA) is 55.1 Å². The standard InChI is InChI=1S/C9H12N2O2S/c12-9(13)3-7-4-10-11(5-7)8-1-2-14-6-8/h4-5,8H,1-3,6H2,(H,12,13). The van der Waals surface area contributed by atoms with Crippen molar-refractivity contribution in [2.75, 3.05) is 11.5 Å². The van der Waals surface area contributed by atoms with Gasteiger partial charge in [-0.2, -0.15) is 16.9 Å². The number of carboxylic acid groups (broad SMARTS) is 1. The first-order chi connectivity index (χ1) is 6.75. The van der Waals surface area contributed by atoms with Crippen molar-refractivity contribution < 1.29 is 9.90 Å². The highest BCUT2D eigenvalue weighted by molar-refractivity contribution is 7.99. The van der Waals surface area contributed by atoms with Gasteiger partial charge in [-0.05, 0) is 12.2 Å². The quantitative estimate of drug-likeness (QED) is 0.817. The number of carboxylic acids is 1. The van der Waals surface area contributed by atoms with Gasteiger partial charge >= 0.3 is 5.97 Å². The second-order valence-electron chi connectivity index (χ2n) is 3.42. The summed E-state index contributed by atoms with van der Waals surface area (Å²) in [5, 5.41) is 12.8. The van der Waals surface area contributed by atoms with Crippen molar-refractivity contribution in [2.24, 2.45) is 0 Å². The van der Waals surface area contributed by atoms with Crippen LogP contribution in [0.25, 0.3) is 0 Å². The van der Waals surface area contributed by atoms with E-state index in [-0.39, 0.29) is 6.42 Å². The molecule has 1 fully saturated rings. The molecule has 0 amide bonds. The Balaban J connectivity index is 2.05. The zero-order valence-electron chi connectivity index (χ0n) is 7.72. The van der Waals surface area contributed by atoms with Crippen LogP contribution in [0.4, 0.5) is 0 Å². The molecule has 4 nitrogen and oxygen atoms in total. The Labute approximate surface area is 86.3 Å². The van der Waals surface area contributed by atoms with Gasteiger partial charge in [-0.1, -0.05) is 0 Å². The maximum absolute atomic E-state index is 10.5. The summed E-state index contributed by atoms with van der Waals surface area (Å²) in [5.41, 5.74) is 0.786. The van der Waals surface area contributed by atoms with Gasteiger partial charge in [0.25, 0.3) is 0 Å². The zero-order valence-corrected chi connectivity index (χ0v) is 8.54. The van der Waals surface area contributed by atoms with Gasteiger partial charge in [0.1, 0.15) is 0 Å². The largest absolute Gasteiger partial charge is 0.481 e. The van der Waals surface area contributed by atoms with E-state index in [2.05, 4.69) is 5.10 Å². The van der Waals surface area contributed by atoms with E-state index >= 15 is 0 Å². The predicted octanol–water partition coefficient (Wildman–Crippen LogP) is 1.19. The molecule has 0 bridgehead atoms. The van der Waals surface area contributed by atoms with Gasteiger partial charge in [0, 0.05) is 17.5 Å². The van der Waals surface area contributed by atoms with Gasteiger partial charge < -0.3 is 5.11 Å².